The molecule has 200 valence electrons. The van der Waals surface area contributed by atoms with E-state index in [1.165, 1.54) is 33.6 Å². The van der Waals surface area contributed by atoms with Gasteiger partial charge >= 0.3 is 0 Å². The second kappa shape index (κ2) is 18.9. The van der Waals surface area contributed by atoms with Crippen LogP contribution in [0.3, 0.4) is 0 Å². The molecule has 3 nitrogen and oxygen atoms in total. The molecule has 0 radical (unpaired) electrons. The minimum absolute atomic E-state index is 0.194. The number of hydrogen-bond acceptors (Lipinski definition) is 5. The highest BCUT2D eigenvalue weighted by molar-refractivity contribution is 9.09. The molecule has 0 bridgehead atoms. The molecule has 2 aromatic carbocycles. The number of hydrogen-bond donors (Lipinski definition) is 1. The average molecular weight is 643 g/mol. The molecule has 0 amide bonds. The summed E-state index contributed by atoms with van der Waals surface area (Å²) in [6, 6.07) is 17.4. The molecular weight excluding hydrogens is 607 g/mol. The van der Waals surface area contributed by atoms with Crippen LogP contribution < -0.4 is 0 Å². The van der Waals surface area contributed by atoms with E-state index in [1.807, 2.05) is 6.92 Å². The van der Waals surface area contributed by atoms with Crippen LogP contribution in [0.4, 0.5) is 0 Å². The molecule has 2 aromatic heterocycles. The second-order valence-corrected chi connectivity index (χ2v) is 12.1. The Bertz CT molecular complexity index is 1040. The molecular formula is C29H35BrCl2N2OS2. The van der Waals surface area contributed by atoms with Crippen molar-refractivity contribution >= 4 is 61.8 Å². The Morgan fingerprint density at radius 2 is 1.00 bits per heavy atom. The van der Waals surface area contributed by atoms with Gasteiger partial charge in [-0.2, -0.15) is 0 Å². The summed E-state index contributed by atoms with van der Waals surface area (Å²) < 4.78 is 0. The zero-order chi connectivity index (χ0) is 26.9. The largest absolute Gasteiger partial charge is 0.396 e. The monoisotopic (exact) mass is 640 g/mol. The van der Waals surface area contributed by atoms with E-state index in [2.05, 4.69) is 92.1 Å². The lowest BCUT2D eigenvalue weighted by Gasteiger charge is -2.02. The molecule has 4 rings (SSSR count). The van der Waals surface area contributed by atoms with E-state index in [0.29, 0.717) is 0 Å². The molecule has 4 aromatic rings. The van der Waals surface area contributed by atoms with Gasteiger partial charge in [0.1, 0.15) is 0 Å². The quantitative estimate of drug-likeness (QED) is 0.177. The van der Waals surface area contributed by atoms with E-state index in [4.69, 9.17) is 28.3 Å². The number of alkyl halides is 3. The van der Waals surface area contributed by atoms with Gasteiger partial charge in [-0.3, -0.25) is 0 Å². The van der Waals surface area contributed by atoms with E-state index >= 15 is 0 Å². The van der Waals surface area contributed by atoms with Crippen LogP contribution in [-0.4, -0.2) is 32.4 Å². The summed E-state index contributed by atoms with van der Waals surface area (Å²) in [5.74, 6) is 0. The third-order valence-corrected chi connectivity index (χ3v) is 7.54. The van der Waals surface area contributed by atoms with Crippen molar-refractivity contribution in [1.29, 1.82) is 0 Å². The molecule has 0 unspecified atom stereocenters. The minimum Gasteiger partial charge on any atom is -0.396 e. The predicted octanol–water partition coefficient (Wildman–Crippen LogP) is 8.37. The standard InChI is InChI=1S/C14H16BrNS.C14H17NOS.CH2Cl2/c1-11-16-14(10-17-11)7-6-12-2-4-13(5-3-12)8-9-15;1-11-15-14(10-17-11)7-6-12-2-4-13(5-3-12)8-9-16;2-1-3/h2-5,10H,6-9H2,1H3;2-5,10,16H,6-9H2,1H3;1H2. The highest BCUT2D eigenvalue weighted by Gasteiger charge is 2.01. The molecule has 0 saturated heterocycles. The molecule has 0 fully saturated rings. The highest BCUT2D eigenvalue weighted by atomic mass is 79.9. The summed E-state index contributed by atoms with van der Waals surface area (Å²) in [6.45, 7) is 4.32. The Labute approximate surface area is 248 Å². The Hall–Kier alpha value is -1.28. The average Bonchev–Trinajstić information content (AvgIpc) is 3.52. The molecule has 2 heterocycles. The number of aliphatic hydroxyl groups is 1. The fraction of sp³-hybridized carbons (Fsp3) is 0.379. The van der Waals surface area contributed by atoms with Gasteiger partial charge in [0.25, 0.3) is 0 Å². The summed E-state index contributed by atoms with van der Waals surface area (Å²) in [5.41, 5.74) is 7.73. The molecule has 0 atom stereocenters. The van der Waals surface area contributed by atoms with Crippen molar-refractivity contribution in [2.45, 2.75) is 52.4 Å². The van der Waals surface area contributed by atoms with Gasteiger partial charge < -0.3 is 5.11 Å². The van der Waals surface area contributed by atoms with Crippen molar-refractivity contribution in [3.05, 3.63) is 103 Å². The fourth-order valence-electron chi connectivity index (χ4n) is 3.57. The molecule has 0 saturated carbocycles. The Morgan fingerprint density at radius 3 is 1.30 bits per heavy atom. The Balaban J connectivity index is 0.000000235. The van der Waals surface area contributed by atoms with E-state index in [9.17, 15) is 0 Å². The number of nitrogens with zero attached hydrogens (tertiary/aromatic N) is 2. The van der Waals surface area contributed by atoms with Crippen molar-refractivity contribution in [1.82, 2.24) is 9.97 Å². The molecule has 0 aliphatic heterocycles. The van der Waals surface area contributed by atoms with Crippen LogP contribution in [0.25, 0.3) is 0 Å². The van der Waals surface area contributed by atoms with E-state index < -0.39 is 0 Å². The first-order valence-corrected chi connectivity index (χ1v) is 16.2. The summed E-state index contributed by atoms with van der Waals surface area (Å²) in [5, 5.41) is 16.7. The van der Waals surface area contributed by atoms with Crippen molar-refractivity contribution in [3.8, 4) is 0 Å². The predicted molar refractivity (Wildman–Crippen MR) is 166 cm³/mol. The van der Waals surface area contributed by atoms with E-state index in [-0.39, 0.29) is 11.9 Å². The Morgan fingerprint density at radius 1 is 0.649 bits per heavy atom. The lowest BCUT2D eigenvalue weighted by molar-refractivity contribution is 0.299. The van der Waals surface area contributed by atoms with Gasteiger partial charge in [0.15, 0.2) is 0 Å². The Kier molecular flexibility index (Phi) is 16.3. The van der Waals surface area contributed by atoms with Crippen LogP contribution in [0.5, 0.6) is 0 Å². The van der Waals surface area contributed by atoms with Crippen molar-refractivity contribution < 1.29 is 5.11 Å². The number of halogens is 3. The SMILES string of the molecule is Cc1nc(CCc2ccc(CCBr)cc2)cs1.Cc1nc(CCc2ccc(CCO)cc2)cs1.ClCCl. The van der Waals surface area contributed by atoms with Crippen LogP contribution in [0.2, 0.25) is 0 Å². The number of aromatic nitrogens is 2. The second-order valence-electron chi connectivity index (χ2n) is 8.36. The fourth-order valence-corrected chi connectivity index (χ4v) is 5.33. The number of aryl methyl sites for hydroxylation is 7. The molecule has 8 heteroatoms. The van der Waals surface area contributed by atoms with Crippen LogP contribution in [0.1, 0.15) is 43.7 Å². The summed E-state index contributed by atoms with van der Waals surface area (Å²) in [4.78, 5) is 8.94. The lowest BCUT2D eigenvalue weighted by Crippen LogP contribution is -1.94. The van der Waals surface area contributed by atoms with E-state index in [1.54, 1.807) is 22.7 Å². The molecule has 0 aliphatic carbocycles. The van der Waals surface area contributed by atoms with Crippen molar-refractivity contribution in [3.63, 3.8) is 0 Å². The topological polar surface area (TPSA) is 46.0 Å². The maximum absolute atomic E-state index is 8.84. The van der Waals surface area contributed by atoms with Gasteiger partial charge in [-0.1, -0.05) is 64.5 Å². The summed E-state index contributed by atoms with van der Waals surface area (Å²) in [7, 11) is 0. The zero-order valence-electron chi connectivity index (χ0n) is 21.4. The minimum atomic E-state index is 0.194. The third kappa shape index (κ3) is 13.4. The first-order chi connectivity index (χ1) is 18.0. The number of thiazole rings is 2. The number of aliphatic hydroxyl groups excluding tert-OH is 1. The molecule has 0 aliphatic rings. The molecule has 1 N–H and O–H groups in total. The summed E-state index contributed by atoms with van der Waals surface area (Å²) >= 11 is 16.4. The zero-order valence-corrected chi connectivity index (χ0v) is 26.2. The first-order valence-electron chi connectivity index (χ1n) is 12.2. The van der Waals surface area contributed by atoms with Gasteiger partial charge in [0.05, 0.1) is 26.7 Å². The van der Waals surface area contributed by atoms with Crippen molar-refractivity contribution in [2.75, 3.05) is 17.3 Å². The maximum Gasteiger partial charge on any atom is 0.0967 e. The van der Waals surface area contributed by atoms with E-state index in [0.717, 1.165) is 53.9 Å². The first kappa shape index (κ1) is 31.9. The molecule has 37 heavy (non-hydrogen) atoms. The number of rotatable bonds is 10. The maximum atomic E-state index is 8.84. The normalized spacial score (nSPS) is 10.3. The van der Waals surface area contributed by atoms with Gasteiger partial charge in [-0.25, -0.2) is 9.97 Å². The highest BCUT2D eigenvalue weighted by Crippen LogP contribution is 2.14. The van der Waals surface area contributed by atoms with Gasteiger partial charge in [-0.05, 0) is 74.6 Å². The van der Waals surface area contributed by atoms with Gasteiger partial charge in [0, 0.05) is 22.7 Å². The summed E-state index contributed by atoms with van der Waals surface area (Å²) in [6.07, 6.45) is 6.00. The van der Waals surface area contributed by atoms with Crippen LogP contribution in [0, 0.1) is 13.8 Å². The smallest absolute Gasteiger partial charge is 0.0967 e. The van der Waals surface area contributed by atoms with Gasteiger partial charge in [-0.15, -0.1) is 45.9 Å². The molecule has 0 spiro atoms. The third-order valence-electron chi connectivity index (χ3n) is 5.50. The van der Waals surface area contributed by atoms with Crippen molar-refractivity contribution in [2.24, 2.45) is 0 Å². The number of benzene rings is 2. The lowest BCUT2D eigenvalue weighted by atomic mass is 10.1. The van der Waals surface area contributed by atoms with Crippen LogP contribution in [-0.2, 0) is 38.5 Å². The van der Waals surface area contributed by atoms with Crippen LogP contribution >= 0.6 is 61.8 Å². The van der Waals surface area contributed by atoms with Gasteiger partial charge in [0.2, 0.25) is 0 Å². The van der Waals surface area contributed by atoms with Crippen LogP contribution in [0.15, 0.2) is 59.3 Å².